The van der Waals surface area contributed by atoms with E-state index in [2.05, 4.69) is 23.1 Å². The van der Waals surface area contributed by atoms with Crippen LogP contribution in [-0.4, -0.2) is 31.1 Å². The molecule has 116 valence electrons. The van der Waals surface area contributed by atoms with E-state index in [0.717, 1.165) is 31.4 Å². The average Bonchev–Trinajstić information content (AvgIpc) is 2.97. The topological polar surface area (TPSA) is 62.4 Å². The summed E-state index contributed by atoms with van der Waals surface area (Å²) in [5.41, 5.74) is 6.24. The first-order valence-corrected chi connectivity index (χ1v) is 7.76. The molecule has 0 spiro atoms. The third kappa shape index (κ3) is 5.36. The van der Waals surface area contributed by atoms with Crippen LogP contribution in [0.25, 0.3) is 0 Å². The van der Waals surface area contributed by atoms with Crippen molar-refractivity contribution in [1.82, 2.24) is 16.2 Å². The van der Waals surface area contributed by atoms with E-state index < -0.39 is 0 Å². The quantitative estimate of drug-likeness (QED) is 0.637. The van der Waals surface area contributed by atoms with Gasteiger partial charge in [-0.25, -0.2) is 5.43 Å². The fourth-order valence-electron chi connectivity index (χ4n) is 2.45. The van der Waals surface area contributed by atoms with Crippen molar-refractivity contribution >= 4 is 5.91 Å². The molecule has 3 N–H and O–H groups in total. The molecular formula is C16H25N3O2. The van der Waals surface area contributed by atoms with E-state index >= 15 is 0 Å². The summed E-state index contributed by atoms with van der Waals surface area (Å²) < 4.78 is 5.58. The number of amides is 1. The number of carbonyl (C=O) groups excluding carboxylic acids is 1. The second kappa shape index (κ2) is 8.64. The zero-order valence-corrected chi connectivity index (χ0v) is 12.6. The minimum atomic E-state index is -0.114. The molecule has 21 heavy (non-hydrogen) atoms. The van der Waals surface area contributed by atoms with Gasteiger partial charge in [-0.1, -0.05) is 31.5 Å². The Hall–Kier alpha value is -1.59. The van der Waals surface area contributed by atoms with Crippen LogP contribution in [0.4, 0.5) is 0 Å². The van der Waals surface area contributed by atoms with Crippen molar-refractivity contribution < 1.29 is 9.53 Å². The molecule has 2 atom stereocenters. The maximum Gasteiger partial charge on any atom is 0.238 e. The van der Waals surface area contributed by atoms with Gasteiger partial charge in [0.05, 0.1) is 6.61 Å². The van der Waals surface area contributed by atoms with Crippen LogP contribution < -0.4 is 20.9 Å². The standard InChI is InChI=1S/C16H25N3O2/c1-2-7-13-12-15(19-18-13)16(20)17-10-6-11-21-14-8-4-3-5-9-14/h3-5,8-9,13,15,18-19H,2,6-7,10-12H2,1H3,(H,17,20). The van der Waals surface area contributed by atoms with E-state index in [0.29, 0.717) is 19.2 Å². The lowest BCUT2D eigenvalue weighted by Crippen LogP contribution is -2.43. The van der Waals surface area contributed by atoms with Gasteiger partial charge in [-0.05, 0) is 31.4 Å². The highest BCUT2D eigenvalue weighted by atomic mass is 16.5. The van der Waals surface area contributed by atoms with Gasteiger partial charge in [0.25, 0.3) is 0 Å². The van der Waals surface area contributed by atoms with Crippen molar-refractivity contribution in [3.05, 3.63) is 30.3 Å². The molecule has 5 nitrogen and oxygen atoms in total. The second-order valence-electron chi connectivity index (χ2n) is 5.37. The molecule has 0 aromatic heterocycles. The number of para-hydroxylation sites is 1. The lowest BCUT2D eigenvalue weighted by molar-refractivity contribution is -0.122. The summed E-state index contributed by atoms with van der Waals surface area (Å²) in [6.07, 6.45) is 3.89. The minimum Gasteiger partial charge on any atom is -0.494 e. The van der Waals surface area contributed by atoms with Crippen molar-refractivity contribution in [2.75, 3.05) is 13.2 Å². The summed E-state index contributed by atoms with van der Waals surface area (Å²) in [5.74, 6) is 0.939. The smallest absolute Gasteiger partial charge is 0.238 e. The van der Waals surface area contributed by atoms with Gasteiger partial charge in [-0.3, -0.25) is 10.2 Å². The monoisotopic (exact) mass is 291 g/mol. The molecule has 2 rings (SSSR count). The first-order valence-electron chi connectivity index (χ1n) is 7.76. The van der Waals surface area contributed by atoms with Crippen LogP contribution in [0.15, 0.2) is 30.3 Å². The predicted octanol–water partition coefficient (Wildman–Crippen LogP) is 1.61. The third-order valence-corrected chi connectivity index (χ3v) is 3.57. The molecule has 1 aliphatic heterocycles. The van der Waals surface area contributed by atoms with Gasteiger partial charge < -0.3 is 10.1 Å². The number of rotatable bonds is 8. The Bertz CT molecular complexity index is 425. The van der Waals surface area contributed by atoms with Gasteiger partial charge >= 0.3 is 0 Å². The van der Waals surface area contributed by atoms with Gasteiger partial charge in [0.1, 0.15) is 11.8 Å². The van der Waals surface area contributed by atoms with Crippen LogP contribution in [-0.2, 0) is 4.79 Å². The molecule has 1 aromatic rings. The van der Waals surface area contributed by atoms with Crippen LogP contribution in [0.1, 0.15) is 32.6 Å². The van der Waals surface area contributed by atoms with Gasteiger partial charge in [-0.2, -0.15) is 0 Å². The Morgan fingerprint density at radius 2 is 2.14 bits per heavy atom. The Kier molecular flexibility index (Phi) is 6.50. The van der Waals surface area contributed by atoms with E-state index in [4.69, 9.17) is 4.74 Å². The van der Waals surface area contributed by atoms with Crippen LogP contribution in [0, 0.1) is 0 Å². The molecule has 0 aliphatic carbocycles. The number of hydrogen-bond acceptors (Lipinski definition) is 4. The summed E-state index contributed by atoms with van der Waals surface area (Å²) in [6, 6.07) is 10.0. The number of benzene rings is 1. The van der Waals surface area contributed by atoms with Crippen molar-refractivity contribution in [1.29, 1.82) is 0 Å². The first-order chi connectivity index (χ1) is 10.3. The summed E-state index contributed by atoms with van der Waals surface area (Å²) in [5, 5.41) is 2.95. The molecule has 2 unspecified atom stereocenters. The number of hydrogen-bond donors (Lipinski definition) is 3. The fourth-order valence-corrected chi connectivity index (χ4v) is 2.45. The molecule has 5 heteroatoms. The highest BCUT2D eigenvalue weighted by Gasteiger charge is 2.28. The van der Waals surface area contributed by atoms with Crippen molar-refractivity contribution in [3.8, 4) is 5.75 Å². The Morgan fingerprint density at radius 1 is 1.33 bits per heavy atom. The van der Waals surface area contributed by atoms with Crippen molar-refractivity contribution in [2.45, 2.75) is 44.7 Å². The summed E-state index contributed by atoms with van der Waals surface area (Å²) in [7, 11) is 0. The van der Waals surface area contributed by atoms with Crippen LogP contribution in [0.5, 0.6) is 5.75 Å². The van der Waals surface area contributed by atoms with E-state index in [1.54, 1.807) is 0 Å². The molecule has 0 saturated carbocycles. The highest BCUT2D eigenvalue weighted by molar-refractivity contribution is 5.81. The summed E-state index contributed by atoms with van der Waals surface area (Å²) in [4.78, 5) is 12.0. The van der Waals surface area contributed by atoms with Gasteiger partial charge in [0.2, 0.25) is 5.91 Å². The van der Waals surface area contributed by atoms with E-state index in [-0.39, 0.29) is 11.9 Å². The molecule has 1 fully saturated rings. The molecule has 0 radical (unpaired) electrons. The fraction of sp³-hybridized carbons (Fsp3) is 0.562. The van der Waals surface area contributed by atoms with Crippen LogP contribution >= 0.6 is 0 Å². The van der Waals surface area contributed by atoms with Crippen molar-refractivity contribution in [3.63, 3.8) is 0 Å². The van der Waals surface area contributed by atoms with E-state index in [1.807, 2.05) is 30.3 Å². The highest BCUT2D eigenvalue weighted by Crippen LogP contribution is 2.10. The van der Waals surface area contributed by atoms with Gasteiger partial charge in [-0.15, -0.1) is 0 Å². The normalized spacial score (nSPS) is 21.2. The molecule has 0 bridgehead atoms. The molecule has 1 amide bonds. The predicted molar refractivity (Wildman–Crippen MR) is 82.9 cm³/mol. The number of nitrogens with one attached hydrogen (secondary N) is 3. The lowest BCUT2D eigenvalue weighted by atomic mass is 10.1. The molecule has 1 saturated heterocycles. The largest absolute Gasteiger partial charge is 0.494 e. The maximum absolute atomic E-state index is 12.0. The minimum absolute atomic E-state index is 0.0702. The Morgan fingerprint density at radius 3 is 2.90 bits per heavy atom. The maximum atomic E-state index is 12.0. The van der Waals surface area contributed by atoms with Gasteiger partial charge in [0.15, 0.2) is 0 Å². The average molecular weight is 291 g/mol. The Labute approximate surface area is 126 Å². The summed E-state index contributed by atoms with van der Waals surface area (Å²) >= 11 is 0. The van der Waals surface area contributed by atoms with E-state index in [9.17, 15) is 4.79 Å². The second-order valence-corrected chi connectivity index (χ2v) is 5.37. The molecular weight excluding hydrogens is 266 g/mol. The third-order valence-electron chi connectivity index (χ3n) is 3.57. The zero-order valence-electron chi connectivity index (χ0n) is 12.6. The number of ether oxygens (including phenoxy) is 1. The number of carbonyl (C=O) groups is 1. The van der Waals surface area contributed by atoms with Crippen LogP contribution in [0.3, 0.4) is 0 Å². The van der Waals surface area contributed by atoms with Crippen LogP contribution in [0.2, 0.25) is 0 Å². The summed E-state index contributed by atoms with van der Waals surface area (Å²) in [6.45, 7) is 3.41. The van der Waals surface area contributed by atoms with E-state index in [1.165, 1.54) is 0 Å². The Balaban J connectivity index is 1.55. The zero-order chi connectivity index (χ0) is 14.9. The van der Waals surface area contributed by atoms with Crippen molar-refractivity contribution in [2.24, 2.45) is 0 Å². The first kappa shape index (κ1) is 15.8. The lowest BCUT2D eigenvalue weighted by Gasteiger charge is -2.11. The SMILES string of the molecule is CCCC1CC(C(=O)NCCCOc2ccccc2)NN1. The molecule has 1 aliphatic rings. The van der Waals surface area contributed by atoms with Gasteiger partial charge in [0, 0.05) is 12.6 Å². The molecule has 1 aromatic carbocycles. The molecule has 1 heterocycles. The number of hydrazine groups is 1.